The highest BCUT2D eigenvalue weighted by Gasteiger charge is 2.09. The van der Waals surface area contributed by atoms with E-state index in [4.69, 9.17) is 5.11 Å². The molecule has 0 radical (unpaired) electrons. The van der Waals surface area contributed by atoms with Crippen LogP contribution >= 0.6 is 11.3 Å². The number of thiophene rings is 1. The first-order valence-electron chi connectivity index (χ1n) is 4.30. The fourth-order valence-corrected chi connectivity index (χ4v) is 2.00. The van der Waals surface area contributed by atoms with Gasteiger partial charge >= 0.3 is 5.97 Å². The van der Waals surface area contributed by atoms with Gasteiger partial charge in [-0.25, -0.2) is 14.8 Å². The van der Waals surface area contributed by atoms with Gasteiger partial charge in [-0.3, -0.25) is 0 Å². The van der Waals surface area contributed by atoms with Crippen LogP contribution in [0.5, 0.6) is 0 Å². The third kappa shape index (κ3) is 2.02. The second kappa shape index (κ2) is 3.78. The van der Waals surface area contributed by atoms with Gasteiger partial charge in [0.15, 0.2) is 0 Å². The largest absolute Gasteiger partial charge is 0.477 e. The van der Waals surface area contributed by atoms with Gasteiger partial charge in [-0.2, -0.15) is 0 Å². The Bertz CT molecular complexity index is 508. The van der Waals surface area contributed by atoms with Crippen LogP contribution < -0.4 is 0 Å². The molecule has 0 bridgehead atoms. The Morgan fingerprint density at radius 1 is 1.40 bits per heavy atom. The first-order chi connectivity index (χ1) is 7.16. The summed E-state index contributed by atoms with van der Waals surface area (Å²) in [5.74, 6) is -0.227. The molecule has 0 saturated heterocycles. The van der Waals surface area contributed by atoms with Crippen LogP contribution in [0.25, 0.3) is 10.6 Å². The van der Waals surface area contributed by atoms with E-state index >= 15 is 0 Å². The van der Waals surface area contributed by atoms with Crippen LogP contribution in [0.3, 0.4) is 0 Å². The molecule has 2 aromatic heterocycles. The molecule has 0 fully saturated rings. The van der Waals surface area contributed by atoms with Crippen molar-refractivity contribution < 1.29 is 9.90 Å². The number of hydrogen-bond acceptors (Lipinski definition) is 4. The van der Waals surface area contributed by atoms with Gasteiger partial charge in [-0.1, -0.05) is 0 Å². The third-order valence-electron chi connectivity index (χ3n) is 1.85. The first-order valence-corrected chi connectivity index (χ1v) is 5.11. The number of aromatic nitrogens is 2. The Kier molecular flexibility index (Phi) is 2.47. The van der Waals surface area contributed by atoms with Crippen molar-refractivity contribution in [3.63, 3.8) is 0 Å². The molecule has 2 aromatic rings. The summed E-state index contributed by atoms with van der Waals surface area (Å²) < 4.78 is 0. The predicted octanol–water partition coefficient (Wildman–Crippen LogP) is 2.21. The number of carboxylic acids is 1. The molecule has 4 nitrogen and oxygen atoms in total. The van der Waals surface area contributed by atoms with Crippen LogP contribution in [-0.4, -0.2) is 21.0 Å². The summed E-state index contributed by atoms with van der Waals surface area (Å²) in [6, 6.07) is 5.11. The van der Waals surface area contributed by atoms with E-state index in [1.165, 1.54) is 11.3 Å². The lowest BCUT2D eigenvalue weighted by atomic mass is 10.3. The molecule has 5 heteroatoms. The molecule has 0 amide bonds. The van der Waals surface area contributed by atoms with Crippen LogP contribution in [-0.2, 0) is 0 Å². The average molecular weight is 220 g/mol. The SMILES string of the molecule is Cc1nccc(-c2ccc(C(=O)O)s2)n1. The van der Waals surface area contributed by atoms with Crippen molar-refractivity contribution in [2.24, 2.45) is 0 Å². The topological polar surface area (TPSA) is 63.1 Å². The van der Waals surface area contributed by atoms with Crippen molar-refractivity contribution in [1.82, 2.24) is 9.97 Å². The predicted molar refractivity (Wildman–Crippen MR) is 57.0 cm³/mol. The van der Waals surface area contributed by atoms with Gasteiger partial charge in [0.1, 0.15) is 10.7 Å². The molecule has 2 heterocycles. The quantitative estimate of drug-likeness (QED) is 0.842. The zero-order valence-corrected chi connectivity index (χ0v) is 8.78. The number of carboxylic acid groups (broad SMARTS) is 1. The van der Waals surface area contributed by atoms with E-state index in [-0.39, 0.29) is 0 Å². The van der Waals surface area contributed by atoms with E-state index in [1.54, 1.807) is 31.3 Å². The van der Waals surface area contributed by atoms with Crippen molar-refractivity contribution in [2.75, 3.05) is 0 Å². The smallest absolute Gasteiger partial charge is 0.345 e. The van der Waals surface area contributed by atoms with Crippen molar-refractivity contribution in [2.45, 2.75) is 6.92 Å². The zero-order chi connectivity index (χ0) is 10.8. The second-order valence-corrected chi connectivity index (χ2v) is 4.04. The Morgan fingerprint density at radius 3 is 2.80 bits per heavy atom. The minimum Gasteiger partial charge on any atom is -0.477 e. The van der Waals surface area contributed by atoms with E-state index in [9.17, 15) is 4.79 Å². The lowest BCUT2D eigenvalue weighted by Crippen LogP contribution is -1.89. The molecule has 0 aromatic carbocycles. The fourth-order valence-electron chi connectivity index (χ4n) is 1.18. The van der Waals surface area contributed by atoms with Gasteiger partial charge in [0.2, 0.25) is 0 Å². The maximum Gasteiger partial charge on any atom is 0.345 e. The van der Waals surface area contributed by atoms with Gasteiger partial charge in [0.05, 0.1) is 10.6 Å². The Hall–Kier alpha value is -1.75. The summed E-state index contributed by atoms with van der Waals surface area (Å²) in [5, 5.41) is 8.78. The summed E-state index contributed by atoms with van der Waals surface area (Å²) in [6.45, 7) is 1.80. The van der Waals surface area contributed by atoms with E-state index in [0.717, 1.165) is 10.6 Å². The van der Waals surface area contributed by atoms with Crippen LogP contribution in [0.1, 0.15) is 15.5 Å². The average Bonchev–Trinajstić information content (AvgIpc) is 2.66. The summed E-state index contributed by atoms with van der Waals surface area (Å²) in [7, 11) is 0. The molecule has 76 valence electrons. The number of aryl methyl sites for hydroxylation is 1. The number of rotatable bonds is 2. The van der Waals surface area contributed by atoms with E-state index in [0.29, 0.717) is 10.7 Å². The van der Waals surface area contributed by atoms with Crippen LogP contribution in [0.2, 0.25) is 0 Å². The normalized spacial score (nSPS) is 10.2. The van der Waals surface area contributed by atoms with Crippen LogP contribution in [0.15, 0.2) is 24.4 Å². The van der Waals surface area contributed by atoms with Gasteiger partial charge in [-0.05, 0) is 25.1 Å². The Balaban J connectivity index is 2.41. The summed E-state index contributed by atoms with van der Waals surface area (Å²) in [4.78, 5) is 20.1. The van der Waals surface area contributed by atoms with Crippen molar-refractivity contribution >= 4 is 17.3 Å². The molecule has 0 aliphatic carbocycles. The lowest BCUT2D eigenvalue weighted by Gasteiger charge is -1.96. The van der Waals surface area contributed by atoms with Crippen molar-refractivity contribution in [3.05, 3.63) is 35.1 Å². The second-order valence-electron chi connectivity index (χ2n) is 2.96. The molecule has 0 atom stereocenters. The molecular formula is C10H8N2O2S. The highest BCUT2D eigenvalue weighted by Crippen LogP contribution is 2.26. The highest BCUT2D eigenvalue weighted by molar-refractivity contribution is 7.17. The van der Waals surface area contributed by atoms with Gasteiger partial charge < -0.3 is 5.11 Å². The zero-order valence-electron chi connectivity index (χ0n) is 7.97. The minimum absolute atomic E-state index is 0.321. The maximum absolute atomic E-state index is 10.7. The Labute approximate surface area is 90.3 Å². The van der Waals surface area contributed by atoms with Gasteiger partial charge in [0, 0.05) is 6.20 Å². The lowest BCUT2D eigenvalue weighted by molar-refractivity contribution is 0.0702. The maximum atomic E-state index is 10.7. The van der Waals surface area contributed by atoms with Crippen molar-refractivity contribution in [3.8, 4) is 10.6 Å². The number of nitrogens with zero attached hydrogens (tertiary/aromatic N) is 2. The van der Waals surface area contributed by atoms with Crippen LogP contribution in [0.4, 0.5) is 0 Å². The molecule has 0 aliphatic heterocycles. The molecular weight excluding hydrogens is 212 g/mol. The number of hydrogen-bond donors (Lipinski definition) is 1. The van der Waals surface area contributed by atoms with Crippen LogP contribution in [0, 0.1) is 6.92 Å². The van der Waals surface area contributed by atoms with E-state index < -0.39 is 5.97 Å². The number of aromatic carboxylic acids is 1. The molecule has 0 spiro atoms. The summed E-state index contributed by atoms with van der Waals surface area (Å²) in [5.41, 5.74) is 0.764. The molecule has 15 heavy (non-hydrogen) atoms. The summed E-state index contributed by atoms with van der Waals surface area (Å²) in [6.07, 6.45) is 1.66. The third-order valence-corrected chi connectivity index (χ3v) is 2.94. The molecule has 0 unspecified atom stereocenters. The van der Waals surface area contributed by atoms with E-state index in [2.05, 4.69) is 9.97 Å². The first kappa shape index (κ1) is 9.79. The molecule has 0 aliphatic rings. The fraction of sp³-hybridized carbons (Fsp3) is 0.100. The molecule has 0 saturated carbocycles. The summed E-state index contributed by atoms with van der Waals surface area (Å²) >= 11 is 1.21. The molecule has 2 rings (SSSR count). The van der Waals surface area contributed by atoms with Gasteiger partial charge in [-0.15, -0.1) is 11.3 Å². The Morgan fingerprint density at radius 2 is 2.20 bits per heavy atom. The van der Waals surface area contributed by atoms with E-state index in [1.807, 2.05) is 0 Å². The monoisotopic (exact) mass is 220 g/mol. The minimum atomic E-state index is -0.906. The standard InChI is InChI=1S/C10H8N2O2S/c1-6-11-5-4-7(12-6)8-2-3-9(15-8)10(13)14/h2-5H,1H3,(H,13,14). The van der Waals surface area contributed by atoms with Gasteiger partial charge in [0.25, 0.3) is 0 Å². The molecule has 1 N–H and O–H groups in total. The number of carbonyl (C=O) groups is 1. The highest BCUT2D eigenvalue weighted by atomic mass is 32.1. The van der Waals surface area contributed by atoms with Crippen molar-refractivity contribution in [1.29, 1.82) is 0 Å².